The van der Waals surface area contributed by atoms with Crippen LogP contribution in [0, 0.1) is 36.3 Å². The van der Waals surface area contributed by atoms with E-state index in [-0.39, 0.29) is 110 Å². The number of nitrogen functional groups attached to an aromatic ring is 3. The molecule has 0 radical (unpaired) electrons. The smallest absolute Gasteiger partial charge is 0.512 e. The van der Waals surface area contributed by atoms with Gasteiger partial charge in [0.15, 0.2) is 11.6 Å². The number of hydrogen-bond donors (Lipinski definition) is 5. The number of nitrogens with two attached hydrogens (primary N) is 3. The molecule has 126 heavy (non-hydrogen) atoms. The van der Waals surface area contributed by atoms with Gasteiger partial charge in [-0.05, 0) is 259 Å². The van der Waals surface area contributed by atoms with E-state index in [1.54, 1.807) is 55.5 Å². The van der Waals surface area contributed by atoms with E-state index in [9.17, 15) is 27.6 Å². The Hall–Kier alpha value is 1.23. The minimum atomic E-state index is -3.19. The van der Waals surface area contributed by atoms with Crippen molar-refractivity contribution in [3.05, 3.63) is 277 Å². The Morgan fingerprint density at radius 1 is 0.492 bits per heavy atom. The van der Waals surface area contributed by atoms with Crippen LogP contribution in [0.5, 0.6) is 0 Å². The van der Waals surface area contributed by atoms with Crippen LogP contribution in [0.4, 0.5) is 17.1 Å². The maximum atomic E-state index is 11.4. The van der Waals surface area contributed by atoms with Gasteiger partial charge in [-0.2, -0.15) is 0 Å². The van der Waals surface area contributed by atoms with Crippen LogP contribution >= 0.6 is 320 Å². The number of carbonyl (C=O) groups excluding carboxylic acids is 4. The monoisotopic (exact) mass is 2860 g/mol. The van der Waals surface area contributed by atoms with Crippen LogP contribution in [0.1, 0.15) is 174 Å². The van der Waals surface area contributed by atoms with Crippen molar-refractivity contribution in [1.29, 1.82) is 5.26 Å². The topological polar surface area (TPSA) is 275 Å². The SMILES string of the molecule is CC(=O)Cc1ccc(I)c(Cl)c1Cl.CC(=O)c1ccc(N)c(Cl)c1Cl.CC(=O)c1ccc(N)cc1Cl.CCC(C(C)=O)c1ccc(I)c(Cl)c1Cl.CCC[CH2][Sn]([CH2]CCC)([CH2]CCC)[c]1cnccn1.CCI.CCc1ccc(I)c(Cl)c1Cl.CS(=O)(=O)Cl.Nc1ccc(CO)c(Cl)c1Cl.OCc1ccc(I)c(Cl)c1Cl.[C-]#N.[C-]#[N+]Cc1ccc(I)c(Cl)c1Cl.[K+]. The minimum Gasteiger partial charge on any atom is -0.512 e. The first kappa shape index (κ1) is 133. The average Bonchev–Trinajstić information content (AvgIpc) is 0.793. The van der Waals surface area contributed by atoms with Crippen molar-refractivity contribution in [3.8, 4) is 0 Å². The molecular formula is C86H94Cl16I6KN7O8SSn. The summed E-state index contributed by atoms with van der Waals surface area (Å²) in [6.45, 7) is 30.6. The second-order valence-corrected chi connectivity index (χ2v) is 54.9. The van der Waals surface area contributed by atoms with Gasteiger partial charge in [0.1, 0.15) is 11.6 Å². The van der Waals surface area contributed by atoms with Crippen molar-refractivity contribution in [3.63, 3.8) is 0 Å². The number of alkyl halides is 1. The number of anilines is 3. The summed E-state index contributed by atoms with van der Waals surface area (Å²) in [6, 6.07) is 29.9. The number of ketones is 4. The quantitative estimate of drug-likeness (QED) is 0.00654. The molecule has 0 saturated heterocycles. The fourth-order valence-corrected chi connectivity index (χ4v) is 31.6. The summed E-state index contributed by atoms with van der Waals surface area (Å²) < 4.78 is 30.5. The zero-order valence-corrected chi connectivity index (χ0v) is 102. The van der Waals surface area contributed by atoms with Crippen LogP contribution in [0.3, 0.4) is 0 Å². The summed E-state index contributed by atoms with van der Waals surface area (Å²) in [5.41, 5.74) is 23.4. The second kappa shape index (κ2) is 74.3. The average molecular weight is 2870 g/mol. The number of aryl methyl sites for hydroxylation is 1. The molecule has 1 unspecified atom stereocenters. The molecule has 9 aromatic rings. The maximum absolute atomic E-state index is 11.4. The Labute approximate surface area is 951 Å². The van der Waals surface area contributed by atoms with E-state index in [1.165, 1.54) is 80.7 Å². The van der Waals surface area contributed by atoms with Gasteiger partial charge in [0, 0.05) is 57.7 Å². The summed E-state index contributed by atoms with van der Waals surface area (Å²) in [6.07, 6.45) is 16.9. The number of Topliss-reactive ketones (excluding diaryl/α,β-unsaturated/α-hetero) is 4. The van der Waals surface area contributed by atoms with Gasteiger partial charge in [-0.25, -0.2) is 15.0 Å². The fraction of sp³-hybridized carbons (Fsp3) is 0.326. The zero-order valence-electron chi connectivity index (χ0n) is 70.5. The van der Waals surface area contributed by atoms with Gasteiger partial charge in [0.2, 0.25) is 15.6 Å². The molecule has 0 aliphatic heterocycles. The summed E-state index contributed by atoms with van der Waals surface area (Å²) >= 11 is 98.5. The molecule has 0 bridgehead atoms. The van der Waals surface area contributed by atoms with Crippen LogP contribution in [0.25, 0.3) is 4.85 Å². The Morgan fingerprint density at radius 2 is 0.833 bits per heavy atom. The van der Waals surface area contributed by atoms with Crippen LogP contribution in [0.15, 0.2) is 122 Å². The predicted molar refractivity (Wildman–Crippen MR) is 590 cm³/mol. The molecule has 0 aliphatic carbocycles. The third-order valence-electron chi connectivity index (χ3n) is 16.4. The van der Waals surface area contributed by atoms with Gasteiger partial charge in [-0.1, -0.05) is 248 Å². The largest absolute Gasteiger partial charge is 1.00 e. The number of aliphatic hydroxyl groups excluding tert-OH is 2. The second-order valence-electron chi connectivity index (χ2n) is 25.8. The van der Waals surface area contributed by atoms with Crippen LogP contribution in [-0.4, -0.2) is 80.8 Å². The van der Waals surface area contributed by atoms with Gasteiger partial charge in [0.25, 0.3) is 0 Å². The fourth-order valence-electron chi connectivity index (χ4n) is 10.1. The number of hydrogen-bond acceptors (Lipinski definition) is 14. The molecule has 686 valence electrons. The number of halogens is 22. The van der Waals surface area contributed by atoms with E-state index in [2.05, 4.69) is 197 Å². The van der Waals surface area contributed by atoms with Crippen molar-refractivity contribution in [2.45, 2.75) is 166 Å². The zero-order chi connectivity index (χ0) is 96.9. The molecular weight excluding hydrogens is 2780 g/mol. The third kappa shape index (κ3) is 51.8. The van der Waals surface area contributed by atoms with Crippen molar-refractivity contribution >= 4 is 392 Å². The minimum absolute atomic E-state index is 0. The van der Waals surface area contributed by atoms with Gasteiger partial charge in [-0.15, -0.1) is 0 Å². The molecule has 40 heteroatoms. The first-order valence-corrected chi connectivity index (χ1v) is 60.0. The molecule has 0 spiro atoms. The molecule has 1 aromatic heterocycles. The first-order chi connectivity index (χ1) is 58.5. The Bertz CT molecular complexity index is 4940. The van der Waals surface area contributed by atoms with Crippen molar-refractivity contribution in [2.75, 3.05) is 27.9 Å². The molecule has 15 nitrogen and oxygen atoms in total. The van der Waals surface area contributed by atoms with Gasteiger partial charge in [-0.3, -0.25) is 19.2 Å². The van der Waals surface area contributed by atoms with Crippen LogP contribution < -0.4 is 72.3 Å². The number of benzene rings is 8. The first-order valence-electron chi connectivity index (χ1n) is 37.2. The van der Waals surface area contributed by atoms with E-state index >= 15 is 0 Å². The molecule has 0 saturated carbocycles. The number of unbranched alkanes of at least 4 members (excludes halogenated alkanes) is 3. The van der Waals surface area contributed by atoms with E-state index in [1.807, 2.05) is 73.9 Å². The summed E-state index contributed by atoms with van der Waals surface area (Å²) in [5, 5.41) is 30.7. The summed E-state index contributed by atoms with van der Waals surface area (Å²) in [7, 11) is 1.31. The number of aliphatic hydroxyl groups is 2. The Balaban J connectivity index is -0.000000658. The normalized spacial score (nSPS) is 10.3. The van der Waals surface area contributed by atoms with Gasteiger partial charge < -0.3 is 44.1 Å². The number of rotatable bonds is 21. The molecule has 1 atom stereocenters. The third-order valence-corrected chi connectivity index (χ3v) is 44.3. The Kier molecular flexibility index (Phi) is 78.7. The van der Waals surface area contributed by atoms with E-state index in [0.717, 1.165) is 59.2 Å². The Morgan fingerprint density at radius 3 is 1.19 bits per heavy atom. The van der Waals surface area contributed by atoms with Crippen molar-refractivity contribution in [1.82, 2.24) is 9.97 Å². The standard InChI is InChI=1S/C11H11Cl2IO.C9H7Cl2IO.C8H4Cl2IN.C8H7Cl2I.C8H7Cl2NO.C8H8ClNO.C7H5Cl2IO.C7H7Cl2NO.C4H3N2.3C4H9.C2H5I.CH3ClO2S.CN.K.Sn/c1-3-7(6(2)15)8-4-5-9(14)11(13)10(8)12;1-5(13)4-6-2-3-7(12)9(11)8(6)10;1-12-4-5-2-3-6(11)8(10)7(5)9;1-2-5-3-4-6(11)8(10)7(5)9;1-4(12)5-2-3-6(11)8(10)7(5)9;1-5(11)7-3-2-6(10)4-8(7)9;2*8-6-4(3-11)1-2-5(10)7(6)9;1-2-6-4-3-5-1;3*1-3-4-2;1-2-3;1-5(2,3)4;1-2;;/h4-5,7H,3H2,1-2H3;2-3H,4H2,1H3;2-3H,4H2;3-4H,2H2,1H3;2-3H,11H2,1H3;2-4H,10H2,1H3;1-2,11H,3H2;1-2,11H,3,10H2;1-3H;3*1,3-4H2,2H3;2H2,1H3;1H3;;;/q;;;;;;;;;;;;;;-1;+1;. The van der Waals surface area contributed by atoms with Crippen LogP contribution in [-0.2, 0) is 51.2 Å². The number of aromatic nitrogens is 2. The van der Waals surface area contributed by atoms with E-state index < -0.39 is 27.4 Å². The molecule has 1 heterocycles. The molecule has 0 aliphatic rings. The molecule has 8 N–H and O–H groups in total. The predicted octanol–water partition coefficient (Wildman–Crippen LogP) is 29.9. The van der Waals surface area contributed by atoms with Crippen LogP contribution in [0.2, 0.25) is 88.6 Å². The van der Waals surface area contributed by atoms with E-state index in [0.29, 0.717) is 111 Å². The molecule has 0 amide bonds. The maximum Gasteiger partial charge on any atom is 1.00 e. The number of carbonyl (C=O) groups is 4. The number of nitrogens with zero attached hydrogens (tertiary/aromatic N) is 4. The van der Waals surface area contributed by atoms with E-state index in [4.69, 9.17) is 225 Å². The van der Waals surface area contributed by atoms with Gasteiger partial charge >= 0.3 is 175 Å². The summed E-state index contributed by atoms with van der Waals surface area (Å²) in [4.78, 5) is 56.4. The van der Waals surface area contributed by atoms with Gasteiger partial charge in [0.05, 0.1) is 112 Å². The van der Waals surface area contributed by atoms with Crippen molar-refractivity contribution in [2.24, 2.45) is 0 Å². The summed E-state index contributed by atoms with van der Waals surface area (Å²) in [5.74, 6) is -0.111. The molecule has 0 fully saturated rings. The molecule has 8 aromatic carbocycles. The molecule has 9 rings (SSSR count). The van der Waals surface area contributed by atoms with Crippen molar-refractivity contribution < 1.29 is 89.2 Å².